The number of halogens is 1. The molecule has 5 heteroatoms. The average Bonchev–Trinajstić information content (AvgIpc) is 2.36. The number of hydrogen-bond donors (Lipinski definition) is 1. The van der Waals surface area contributed by atoms with Gasteiger partial charge in [0, 0.05) is 21.7 Å². The van der Waals surface area contributed by atoms with Crippen LogP contribution in [0.25, 0.3) is 0 Å². The first-order chi connectivity index (χ1) is 8.97. The van der Waals surface area contributed by atoms with E-state index in [9.17, 15) is 0 Å². The first-order valence-corrected chi connectivity index (χ1v) is 7.10. The summed E-state index contributed by atoms with van der Waals surface area (Å²) in [6.07, 6.45) is 3.45. The van der Waals surface area contributed by atoms with E-state index >= 15 is 0 Å². The Labute approximate surface area is 126 Å². The van der Waals surface area contributed by atoms with E-state index in [-0.39, 0.29) is 0 Å². The van der Waals surface area contributed by atoms with Crippen LogP contribution in [0.1, 0.15) is 30.9 Å². The Hall–Kier alpha value is -1.37. The van der Waals surface area contributed by atoms with Crippen molar-refractivity contribution in [3.05, 3.63) is 39.2 Å². The van der Waals surface area contributed by atoms with Crippen molar-refractivity contribution in [3.8, 4) is 11.8 Å². The van der Waals surface area contributed by atoms with Crippen molar-refractivity contribution in [2.45, 2.75) is 26.7 Å². The fourth-order valence-corrected chi connectivity index (χ4v) is 1.99. The molecule has 0 radical (unpaired) electrons. The summed E-state index contributed by atoms with van der Waals surface area (Å²) in [5.41, 5.74) is 8.78. The Bertz CT molecular complexity index is 582. The van der Waals surface area contributed by atoms with Crippen LogP contribution in [0.15, 0.2) is 24.5 Å². The number of rotatable bonds is 3. The number of aryl methyl sites for hydroxylation is 1. The van der Waals surface area contributed by atoms with Crippen molar-refractivity contribution in [3.63, 3.8) is 0 Å². The molecule has 0 atom stereocenters. The van der Waals surface area contributed by atoms with E-state index in [1.165, 1.54) is 0 Å². The molecule has 100 valence electrons. The zero-order valence-electron chi connectivity index (χ0n) is 11.1. The molecular weight excluding hydrogens is 353 g/mol. The SMILES string of the molecule is Cc1cc(Oc2ncc(I)cn2)c(C(C)C)cc1N. The van der Waals surface area contributed by atoms with E-state index in [1.54, 1.807) is 12.4 Å². The zero-order chi connectivity index (χ0) is 14.0. The Balaban J connectivity index is 2.38. The average molecular weight is 369 g/mol. The van der Waals surface area contributed by atoms with Crippen LogP contribution in [0.2, 0.25) is 0 Å². The van der Waals surface area contributed by atoms with E-state index in [0.29, 0.717) is 11.9 Å². The van der Waals surface area contributed by atoms with Gasteiger partial charge in [-0.05, 0) is 58.7 Å². The molecule has 1 aromatic carbocycles. The number of nitrogens with two attached hydrogens (primary N) is 1. The van der Waals surface area contributed by atoms with Crippen molar-refractivity contribution in [1.29, 1.82) is 0 Å². The van der Waals surface area contributed by atoms with Gasteiger partial charge in [-0.1, -0.05) is 13.8 Å². The molecule has 0 aliphatic carbocycles. The summed E-state index contributed by atoms with van der Waals surface area (Å²) in [5, 5.41) is 0. The lowest BCUT2D eigenvalue weighted by Crippen LogP contribution is -2.00. The molecule has 0 amide bonds. The van der Waals surface area contributed by atoms with Crippen molar-refractivity contribution in [2.24, 2.45) is 0 Å². The zero-order valence-corrected chi connectivity index (χ0v) is 13.3. The van der Waals surface area contributed by atoms with Crippen LogP contribution in [0.4, 0.5) is 5.69 Å². The lowest BCUT2D eigenvalue weighted by Gasteiger charge is -2.15. The molecule has 0 spiro atoms. The normalized spacial score (nSPS) is 10.8. The Kier molecular flexibility index (Phi) is 4.24. The third-order valence-corrected chi connectivity index (χ3v) is 3.38. The van der Waals surface area contributed by atoms with Crippen molar-refractivity contribution < 1.29 is 4.74 Å². The van der Waals surface area contributed by atoms with Gasteiger partial charge in [0.25, 0.3) is 0 Å². The topological polar surface area (TPSA) is 61.0 Å². The number of anilines is 1. The number of nitrogens with zero attached hydrogens (tertiary/aromatic N) is 2. The number of ether oxygens (including phenoxy) is 1. The monoisotopic (exact) mass is 369 g/mol. The number of benzene rings is 1. The maximum absolute atomic E-state index is 5.95. The molecule has 0 saturated heterocycles. The van der Waals surface area contributed by atoms with Crippen LogP contribution in [0.5, 0.6) is 11.8 Å². The third-order valence-electron chi connectivity index (χ3n) is 2.82. The largest absolute Gasteiger partial charge is 0.424 e. The van der Waals surface area contributed by atoms with Gasteiger partial charge in [-0.2, -0.15) is 0 Å². The smallest absolute Gasteiger partial charge is 0.321 e. The quantitative estimate of drug-likeness (QED) is 0.659. The molecule has 0 bridgehead atoms. The van der Waals surface area contributed by atoms with Crippen LogP contribution >= 0.6 is 22.6 Å². The lowest BCUT2D eigenvalue weighted by molar-refractivity contribution is 0.433. The van der Waals surface area contributed by atoms with E-state index in [4.69, 9.17) is 10.5 Å². The first-order valence-electron chi connectivity index (χ1n) is 6.02. The van der Waals surface area contributed by atoms with Crippen LogP contribution < -0.4 is 10.5 Å². The Morgan fingerprint density at radius 1 is 1.21 bits per heavy atom. The van der Waals surface area contributed by atoms with Gasteiger partial charge in [0.2, 0.25) is 0 Å². The van der Waals surface area contributed by atoms with Gasteiger partial charge in [-0.15, -0.1) is 0 Å². The molecule has 1 aromatic heterocycles. The predicted octanol–water partition coefficient (Wildman–Crippen LogP) is 3.89. The lowest BCUT2D eigenvalue weighted by atomic mass is 9.99. The first kappa shape index (κ1) is 14.0. The Morgan fingerprint density at radius 3 is 2.42 bits per heavy atom. The summed E-state index contributed by atoms with van der Waals surface area (Å²) in [5.74, 6) is 1.09. The maximum atomic E-state index is 5.95. The van der Waals surface area contributed by atoms with Crippen molar-refractivity contribution in [1.82, 2.24) is 9.97 Å². The van der Waals surface area contributed by atoms with E-state index in [0.717, 1.165) is 26.1 Å². The van der Waals surface area contributed by atoms with Gasteiger partial charge >= 0.3 is 6.01 Å². The second-order valence-electron chi connectivity index (χ2n) is 4.69. The van der Waals surface area contributed by atoms with Crippen LogP contribution in [0.3, 0.4) is 0 Å². The predicted molar refractivity (Wildman–Crippen MR) is 84.5 cm³/mol. The highest BCUT2D eigenvalue weighted by Gasteiger charge is 2.12. The molecule has 0 aliphatic rings. The minimum absolute atomic E-state index is 0.321. The highest BCUT2D eigenvalue weighted by molar-refractivity contribution is 14.1. The number of nitrogen functional groups attached to an aromatic ring is 1. The van der Waals surface area contributed by atoms with Gasteiger partial charge in [0.05, 0.1) is 0 Å². The summed E-state index contributed by atoms with van der Waals surface area (Å²) in [6.45, 7) is 6.17. The van der Waals surface area contributed by atoms with Gasteiger partial charge in [0.1, 0.15) is 5.75 Å². The molecule has 2 N–H and O–H groups in total. The molecule has 0 unspecified atom stereocenters. The Morgan fingerprint density at radius 2 is 1.84 bits per heavy atom. The van der Waals surface area contributed by atoms with Crippen LogP contribution in [-0.2, 0) is 0 Å². The number of hydrogen-bond acceptors (Lipinski definition) is 4. The summed E-state index contributed by atoms with van der Waals surface area (Å²) in [6, 6.07) is 4.25. The molecule has 2 rings (SSSR count). The van der Waals surface area contributed by atoms with E-state index in [2.05, 4.69) is 46.4 Å². The highest BCUT2D eigenvalue weighted by Crippen LogP contribution is 2.33. The molecular formula is C14H16IN3O. The maximum Gasteiger partial charge on any atom is 0.321 e. The summed E-state index contributed by atoms with van der Waals surface area (Å²) < 4.78 is 6.76. The molecule has 2 aromatic rings. The van der Waals surface area contributed by atoms with Gasteiger partial charge in [-0.25, -0.2) is 9.97 Å². The molecule has 4 nitrogen and oxygen atoms in total. The van der Waals surface area contributed by atoms with Crippen LogP contribution in [0, 0.1) is 10.5 Å². The van der Waals surface area contributed by atoms with Crippen molar-refractivity contribution >= 4 is 28.3 Å². The van der Waals surface area contributed by atoms with Gasteiger partial charge < -0.3 is 10.5 Å². The summed E-state index contributed by atoms with van der Waals surface area (Å²) in [7, 11) is 0. The fourth-order valence-electron chi connectivity index (χ4n) is 1.71. The standard InChI is InChI=1S/C14H16IN3O/c1-8(2)11-5-12(16)9(3)4-13(11)19-14-17-6-10(15)7-18-14/h4-8H,16H2,1-3H3. The van der Waals surface area contributed by atoms with Crippen LogP contribution in [-0.4, -0.2) is 9.97 Å². The van der Waals surface area contributed by atoms with E-state index < -0.39 is 0 Å². The molecule has 0 saturated carbocycles. The number of aromatic nitrogens is 2. The fraction of sp³-hybridized carbons (Fsp3) is 0.286. The van der Waals surface area contributed by atoms with Gasteiger partial charge in [0.15, 0.2) is 0 Å². The highest BCUT2D eigenvalue weighted by atomic mass is 127. The second-order valence-corrected chi connectivity index (χ2v) is 5.93. The van der Waals surface area contributed by atoms with Gasteiger partial charge in [-0.3, -0.25) is 0 Å². The van der Waals surface area contributed by atoms with Crippen molar-refractivity contribution in [2.75, 3.05) is 5.73 Å². The molecule has 19 heavy (non-hydrogen) atoms. The minimum Gasteiger partial charge on any atom is -0.424 e. The third kappa shape index (κ3) is 3.34. The minimum atomic E-state index is 0.321. The molecule has 0 fully saturated rings. The molecule has 1 heterocycles. The summed E-state index contributed by atoms with van der Waals surface area (Å²) >= 11 is 2.16. The second kappa shape index (κ2) is 5.73. The summed E-state index contributed by atoms with van der Waals surface area (Å²) in [4.78, 5) is 8.31. The molecule has 0 aliphatic heterocycles. The van der Waals surface area contributed by atoms with E-state index in [1.807, 2.05) is 19.1 Å².